The third-order valence-corrected chi connectivity index (χ3v) is 7.86. The third kappa shape index (κ3) is 5.85. The molecule has 1 unspecified atom stereocenters. The predicted octanol–water partition coefficient (Wildman–Crippen LogP) is 4.90. The Hall–Kier alpha value is -2.47. The Bertz CT molecular complexity index is 1090. The molecule has 5 heteroatoms. The van der Waals surface area contributed by atoms with Gasteiger partial charge in [0, 0.05) is 19.1 Å². The number of rotatable bonds is 9. The van der Waals surface area contributed by atoms with Gasteiger partial charge in [-0.1, -0.05) is 66.7 Å². The lowest BCUT2D eigenvalue weighted by molar-refractivity contribution is 0.272. The van der Waals surface area contributed by atoms with E-state index in [1.165, 1.54) is 24.9 Å². The van der Waals surface area contributed by atoms with Crippen LogP contribution in [0, 0.1) is 0 Å². The Morgan fingerprint density at radius 1 is 0.844 bits per heavy atom. The van der Waals surface area contributed by atoms with E-state index >= 15 is 0 Å². The topological polar surface area (TPSA) is 49.4 Å². The molecule has 0 radical (unpaired) electrons. The summed E-state index contributed by atoms with van der Waals surface area (Å²) in [6, 6.07) is 26.3. The van der Waals surface area contributed by atoms with E-state index in [1.807, 2.05) is 42.5 Å². The summed E-state index contributed by atoms with van der Waals surface area (Å²) in [6.45, 7) is 5.03. The molecule has 168 valence electrons. The van der Waals surface area contributed by atoms with E-state index in [1.54, 1.807) is 12.1 Å². The third-order valence-electron chi connectivity index (χ3n) is 6.38. The van der Waals surface area contributed by atoms with E-state index in [-0.39, 0.29) is 0 Å². The number of likely N-dealkylation sites (tertiary alicyclic amines) is 1. The molecule has 0 bridgehead atoms. The zero-order chi connectivity index (χ0) is 22.4. The number of benzene rings is 3. The molecule has 32 heavy (non-hydrogen) atoms. The highest BCUT2D eigenvalue weighted by Gasteiger charge is 2.19. The van der Waals surface area contributed by atoms with Gasteiger partial charge in [0.2, 0.25) is 10.0 Å². The van der Waals surface area contributed by atoms with Crippen molar-refractivity contribution < 1.29 is 8.42 Å². The fraction of sp³-hybridized carbons (Fsp3) is 0.333. The molecule has 1 atom stereocenters. The van der Waals surface area contributed by atoms with Gasteiger partial charge < -0.3 is 4.90 Å². The highest BCUT2D eigenvalue weighted by Crippen LogP contribution is 2.23. The predicted molar refractivity (Wildman–Crippen MR) is 131 cm³/mol. The Labute approximate surface area is 192 Å². The molecule has 1 fully saturated rings. The SMILES string of the molecule is CC1CCCN1CCc1ccc(-c2ccc(S(=O)(=O)NCCc3ccccc3)cc2)cc1. The minimum Gasteiger partial charge on any atom is -0.300 e. The molecule has 0 amide bonds. The van der Waals surface area contributed by atoms with E-state index in [0.29, 0.717) is 23.9 Å². The van der Waals surface area contributed by atoms with Gasteiger partial charge in [0.1, 0.15) is 0 Å². The van der Waals surface area contributed by atoms with E-state index in [2.05, 4.69) is 40.8 Å². The fourth-order valence-electron chi connectivity index (χ4n) is 4.35. The maximum atomic E-state index is 12.6. The quantitative estimate of drug-likeness (QED) is 0.506. The van der Waals surface area contributed by atoms with Gasteiger partial charge in [-0.05, 0) is 73.5 Å². The maximum absolute atomic E-state index is 12.6. The molecule has 0 aliphatic carbocycles. The zero-order valence-electron chi connectivity index (χ0n) is 18.7. The Balaban J connectivity index is 1.33. The number of nitrogens with zero attached hydrogens (tertiary/aromatic N) is 1. The molecule has 1 aliphatic heterocycles. The first-order valence-corrected chi connectivity index (χ1v) is 13.0. The smallest absolute Gasteiger partial charge is 0.240 e. The Morgan fingerprint density at radius 2 is 1.47 bits per heavy atom. The van der Waals surface area contributed by atoms with Crippen molar-refractivity contribution in [3.8, 4) is 11.1 Å². The van der Waals surface area contributed by atoms with Crippen LogP contribution in [0.3, 0.4) is 0 Å². The summed E-state index contributed by atoms with van der Waals surface area (Å²) in [7, 11) is -3.51. The highest BCUT2D eigenvalue weighted by molar-refractivity contribution is 7.89. The molecule has 0 spiro atoms. The van der Waals surface area contributed by atoms with Crippen LogP contribution in [-0.2, 0) is 22.9 Å². The van der Waals surface area contributed by atoms with Crippen LogP contribution in [0.25, 0.3) is 11.1 Å². The monoisotopic (exact) mass is 448 g/mol. The molecule has 1 saturated heterocycles. The second kappa shape index (κ2) is 10.4. The van der Waals surface area contributed by atoms with Crippen molar-refractivity contribution in [3.05, 3.63) is 90.0 Å². The lowest BCUT2D eigenvalue weighted by Gasteiger charge is -2.20. The van der Waals surface area contributed by atoms with Crippen LogP contribution in [0.5, 0.6) is 0 Å². The molecule has 0 saturated carbocycles. The number of hydrogen-bond donors (Lipinski definition) is 1. The average molecular weight is 449 g/mol. The van der Waals surface area contributed by atoms with Crippen LogP contribution in [0.2, 0.25) is 0 Å². The molecule has 4 rings (SSSR count). The lowest BCUT2D eigenvalue weighted by Crippen LogP contribution is -2.28. The molecule has 4 nitrogen and oxygen atoms in total. The highest BCUT2D eigenvalue weighted by atomic mass is 32.2. The number of sulfonamides is 1. The minimum atomic E-state index is -3.51. The summed E-state index contributed by atoms with van der Waals surface area (Å²) < 4.78 is 27.9. The molecular weight excluding hydrogens is 416 g/mol. The normalized spacial score (nSPS) is 17.0. The zero-order valence-corrected chi connectivity index (χ0v) is 19.5. The standard InChI is InChI=1S/C27H32N2O2S/c1-22-6-5-20-29(22)21-18-24-9-11-25(12-10-24)26-13-15-27(16-14-26)32(30,31)28-19-17-23-7-3-2-4-8-23/h2-4,7-16,22,28H,5-6,17-21H2,1H3. The van der Waals surface area contributed by atoms with E-state index in [0.717, 1.165) is 29.7 Å². The number of nitrogens with one attached hydrogen (secondary N) is 1. The molecular formula is C27H32N2O2S. The van der Waals surface area contributed by atoms with Crippen molar-refractivity contribution in [1.82, 2.24) is 9.62 Å². The van der Waals surface area contributed by atoms with Gasteiger partial charge in [-0.15, -0.1) is 0 Å². The summed E-state index contributed by atoms with van der Waals surface area (Å²) in [4.78, 5) is 2.87. The van der Waals surface area contributed by atoms with Crippen LogP contribution < -0.4 is 4.72 Å². The summed E-state index contributed by atoms with van der Waals surface area (Å²) in [6.07, 6.45) is 4.36. The summed E-state index contributed by atoms with van der Waals surface area (Å²) in [5, 5.41) is 0. The van der Waals surface area contributed by atoms with Crippen molar-refractivity contribution in [3.63, 3.8) is 0 Å². The summed E-state index contributed by atoms with van der Waals surface area (Å²) >= 11 is 0. The van der Waals surface area contributed by atoms with Gasteiger partial charge in [-0.3, -0.25) is 0 Å². The van der Waals surface area contributed by atoms with Crippen LogP contribution in [-0.4, -0.2) is 39.0 Å². The van der Waals surface area contributed by atoms with Crippen LogP contribution in [0.1, 0.15) is 30.9 Å². The Kier molecular flexibility index (Phi) is 7.40. The summed E-state index contributed by atoms with van der Waals surface area (Å²) in [5.41, 5.74) is 4.58. The second-order valence-electron chi connectivity index (χ2n) is 8.63. The van der Waals surface area contributed by atoms with E-state index in [4.69, 9.17) is 0 Å². The average Bonchev–Trinajstić information content (AvgIpc) is 3.23. The molecule has 1 aliphatic rings. The molecule has 1 N–H and O–H groups in total. The van der Waals surface area contributed by atoms with Crippen LogP contribution >= 0.6 is 0 Å². The first-order chi connectivity index (χ1) is 15.5. The maximum Gasteiger partial charge on any atom is 0.240 e. The minimum absolute atomic E-state index is 0.297. The van der Waals surface area contributed by atoms with Crippen molar-refractivity contribution in [2.75, 3.05) is 19.6 Å². The fourth-order valence-corrected chi connectivity index (χ4v) is 5.38. The van der Waals surface area contributed by atoms with E-state index < -0.39 is 10.0 Å². The van der Waals surface area contributed by atoms with Gasteiger partial charge in [0.05, 0.1) is 4.90 Å². The van der Waals surface area contributed by atoms with Gasteiger partial charge in [-0.25, -0.2) is 13.1 Å². The van der Waals surface area contributed by atoms with Gasteiger partial charge >= 0.3 is 0 Å². The molecule has 3 aromatic carbocycles. The molecule has 0 aromatic heterocycles. The molecule has 1 heterocycles. The van der Waals surface area contributed by atoms with Crippen molar-refractivity contribution in [2.24, 2.45) is 0 Å². The lowest BCUT2D eigenvalue weighted by atomic mass is 10.0. The first-order valence-electron chi connectivity index (χ1n) is 11.5. The van der Waals surface area contributed by atoms with Gasteiger partial charge in [0.15, 0.2) is 0 Å². The van der Waals surface area contributed by atoms with Crippen LogP contribution in [0.15, 0.2) is 83.8 Å². The second-order valence-corrected chi connectivity index (χ2v) is 10.4. The van der Waals surface area contributed by atoms with Gasteiger partial charge in [-0.2, -0.15) is 0 Å². The first kappa shape index (κ1) is 22.7. The van der Waals surface area contributed by atoms with E-state index in [9.17, 15) is 8.42 Å². The van der Waals surface area contributed by atoms with Gasteiger partial charge in [0.25, 0.3) is 0 Å². The van der Waals surface area contributed by atoms with Crippen molar-refractivity contribution in [2.45, 2.75) is 43.5 Å². The largest absolute Gasteiger partial charge is 0.300 e. The molecule has 3 aromatic rings. The number of hydrogen-bond acceptors (Lipinski definition) is 3. The van der Waals surface area contributed by atoms with Crippen molar-refractivity contribution >= 4 is 10.0 Å². The summed E-state index contributed by atoms with van der Waals surface area (Å²) in [5.74, 6) is 0. The van der Waals surface area contributed by atoms with Crippen molar-refractivity contribution in [1.29, 1.82) is 0 Å². The van der Waals surface area contributed by atoms with Crippen LogP contribution in [0.4, 0.5) is 0 Å². The Morgan fingerprint density at radius 3 is 2.09 bits per heavy atom.